The van der Waals surface area contributed by atoms with Crippen LogP contribution in [0.5, 0.6) is 0 Å². The van der Waals surface area contributed by atoms with Crippen molar-refractivity contribution in [3.8, 4) is 0 Å². The van der Waals surface area contributed by atoms with E-state index in [1.807, 2.05) is 30.3 Å². The van der Waals surface area contributed by atoms with Gasteiger partial charge in [0.1, 0.15) is 0 Å². The molecule has 1 unspecified atom stereocenters. The molecule has 0 bridgehead atoms. The highest BCUT2D eigenvalue weighted by atomic mass is 79.9. The number of benzene rings is 2. The first-order chi connectivity index (χ1) is 9.18. The van der Waals surface area contributed by atoms with Crippen molar-refractivity contribution < 1.29 is 9.90 Å². The first-order valence-electron chi connectivity index (χ1n) is 5.92. The quantitative estimate of drug-likeness (QED) is 0.910. The molecular formula is C15H14BrNO2. The zero-order valence-corrected chi connectivity index (χ0v) is 11.8. The molecule has 0 aliphatic heterocycles. The van der Waals surface area contributed by atoms with Gasteiger partial charge in [-0.3, -0.25) is 4.79 Å². The highest BCUT2D eigenvalue weighted by molar-refractivity contribution is 9.10. The van der Waals surface area contributed by atoms with Crippen LogP contribution in [0.4, 0.5) is 0 Å². The largest absolute Gasteiger partial charge is 0.378 e. The molecule has 0 saturated carbocycles. The summed E-state index contributed by atoms with van der Waals surface area (Å²) < 4.78 is 0.935. The molecule has 3 nitrogen and oxygen atoms in total. The Morgan fingerprint density at radius 1 is 1.11 bits per heavy atom. The number of aliphatic hydroxyl groups is 1. The van der Waals surface area contributed by atoms with E-state index in [9.17, 15) is 9.90 Å². The van der Waals surface area contributed by atoms with Gasteiger partial charge >= 0.3 is 0 Å². The molecule has 0 aliphatic carbocycles. The summed E-state index contributed by atoms with van der Waals surface area (Å²) in [4.78, 5) is 11.9. The van der Waals surface area contributed by atoms with Gasteiger partial charge in [0.25, 0.3) is 5.91 Å². The van der Waals surface area contributed by atoms with Gasteiger partial charge in [0.05, 0.1) is 0 Å². The van der Waals surface area contributed by atoms with E-state index < -0.39 is 12.0 Å². The fourth-order valence-corrected chi connectivity index (χ4v) is 2.13. The standard InChI is InChI=1S/C15H14BrNO2/c16-13-9-5-4-8-12(13)10-17-15(19)14(18)11-6-2-1-3-7-11/h1-9,14,18H,10H2,(H,17,19). The minimum Gasteiger partial charge on any atom is -0.378 e. The van der Waals surface area contributed by atoms with Crippen molar-refractivity contribution in [2.24, 2.45) is 0 Å². The average molecular weight is 320 g/mol. The number of nitrogens with one attached hydrogen (secondary N) is 1. The van der Waals surface area contributed by atoms with Gasteiger partial charge in [-0.2, -0.15) is 0 Å². The number of hydrogen-bond acceptors (Lipinski definition) is 2. The Kier molecular flexibility index (Phi) is 4.71. The predicted octanol–water partition coefficient (Wildman–Crippen LogP) is 2.80. The lowest BCUT2D eigenvalue weighted by Crippen LogP contribution is -2.28. The van der Waals surface area contributed by atoms with E-state index in [1.54, 1.807) is 24.3 Å². The van der Waals surface area contributed by atoms with Crippen LogP contribution in [0, 0.1) is 0 Å². The van der Waals surface area contributed by atoms with Crippen molar-refractivity contribution >= 4 is 21.8 Å². The summed E-state index contributed by atoms with van der Waals surface area (Å²) in [6.07, 6.45) is -1.14. The van der Waals surface area contributed by atoms with Crippen LogP contribution < -0.4 is 5.32 Å². The van der Waals surface area contributed by atoms with Crippen LogP contribution in [-0.4, -0.2) is 11.0 Å². The van der Waals surface area contributed by atoms with Crippen LogP contribution in [-0.2, 0) is 11.3 Å². The van der Waals surface area contributed by atoms with Gasteiger partial charge in [-0.25, -0.2) is 0 Å². The lowest BCUT2D eigenvalue weighted by atomic mass is 10.1. The third-order valence-electron chi connectivity index (χ3n) is 2.77. The lowest BCUT2D eigenvalue weighted by molar-refractivity contribution is -0.129. The summed E-state index contributed by atoms with van der Waals surface area (Å²) in [6.45, 7) is 0.379. The van der Waals surface area contributed by atoms with E-state index in [0.717, 1.165) is 10.0 Å². The third-order valence-corrected chi connectivity index (χ3v) is 3.55. The monoisotopic (exact) mass is 319 g/mol. The Morgan fingerprint density at radius 2 is 1.74 bits per heavy atom. The van der Waals surface area contributed by atoms with E-state index in [-0.39, 0.29) is 0 Å². The molecule has 2 aromatic rings. The van der Waals surface area contributed by atoms with Gasteiger partial charge in [0.2, 0.25) is 0 Å². The summed E-state index contributed by atoms with van der Waals surface area (Å²) >= 11 is 3.41. The molecule has 0 spiro atoms. The van der Waals surface area contributed by atoms with Crippen molar-refractivity contribution in [1.82, 2.24) is 5.32 Å². The second-order valence-electron chi connectivity index (χ2n) is 4.12. The summed E-state index contributed by atoms with van der Waals surface area (Å²) in [7, 11) is 0. The molecule has 1 amide bonds. The second-order valence-corrected chi connectivity index (χ2v) is 4.98. The van der Waals surface area contributed by atoms with Crippen molar-refractivity contribution in [2.75, 3.05) is 0 Å². The SMILES string of the molecule is O=C(NCc1ccccc1Br)C(O)c1ccccc1. The Balaban J connectivity index is 1.97. The van der Waals surface area contributed by atoms with Crippen LogP contribution in [0.2, 0.25) is 0 Å². The Hall–Kier alpha value is -1.65. The van der Waals surface area contributed by atoms with Gasteiger partial charge in [-0.05, 0) is 17.2 Å². The number of hydrogen-bond donors (Lipinski definition) is 2. The fraction of sp³-hybridized carbons (Fsp3) is 0.133. The van der Waals surface area contributed by atoms with Gasteiger partial charge in [-0.15, -0.1) is 0 Å². The predicted molar refractivity (Wildman–Crippen MR) is 77.4 cm³/mol. The van der Waals surface area contributed by atoms with Crippen molar-refractivity contribution in [3.05, 3.63) is 70.2 Å². The number of carbonyl (C=O) groups is 1. The number of rotatable bonds is 4. The van der Waals surface area contributed by atoms with Crippen LogP contribution in [0.25, 0.3) is 0 Å². The maximum atomic E-state index is 11.9. The van der Waals surface area contributed by atoms with Crippen molar-refractivity contribution in [1.29, 1.82) is 0 Å². The molecule has 0 aromatic heterocycles. The smallest absolute Gasteiger partial charge is 0.253 e. The zero-order chi connectivity index (χ0) is 13.7. The normalized spacial score (nSPS) is 11.9. The van der Waals surface area contributed by atoms with E-state index in [4.69, 9.17) is 0 Å². The second kappa shape index (κ2) is 6.50. The molecule has 2 rings (SSSR count). The highest BCUT2D eigenvalue weighted by Gasteiger charge is 2.16. The molecular weight excluding hydrogens is 306 g/mol. The Labute approximate surface area is 120 Å². The van der Waals surface area contributed by atoms with Crippen LogP contribution in [0.15, 0.2) is 59.1 Å². The Morgan fingerprint density at radius 3 is 2.42 bits per heavy atom. The summed E-state index contributed by atoms with van der Waals surface area (Å²) in [6, 6.07) is 16.5. The average Bonchev–Trinajstić information content (AvgIpc) is 2.46. The summed E-state index contributed by atoms with van der Waals surface area (Å²) in [5, 5.41) is 12.6. The molecule has 1 atom stereocenters. The molecule has 4 heteroatoms. The molecule has 19 heavy (non-hydrogen) atoms. The Bertz CT molecular complexity index is 557. The number of amides is 1. The van der Waals surface area contributed by atoms with E-state index in [1.165, 1.54) is 0 Å². The molecule has 0 heterocycles. The van der Waals surface area contributed by atoms with Gasteiger partial charge < -0.3 is 10.4 Å². The summed E-state index contributed by atoms with van der Waals surface area (Å²) in [5.74, 6) is -0.401. The van der Waals surface area contributed by atoms with Crippen molar-refractivity contribution in [3.63, 3.8) is 0 Å². The van der Waals surface area contributed by atoms with E-state index in [2.05, 4.69) is 21.2 Å². The van der Waals surface area contributed by atoms with Crippen LogP contribution in [0.3, 0.4) is 0 Å². The minimum absolute atomic E-state index is 0.379. The third kappa shape index (κ3) is 3.66. The fourth-order valence-electron chi connectivity index (χ4n) is 1.71. The molecule has 2 aromatic carbocycles. The molecule has 0 saturated heterocycles. The molecule has 2 N–H and O–H groups in total. The maximum absolute atomic E-state index is 11.9. The summed E-state index contributed by atoms with van der Waals surface area (Å²) in [5.41, 5.74) is 1.56. The minimum atomic E-state index is -1.14. The lowest BCUT2D eigenvalue weighted by Gasteiger charge is -2.12. The number of halogens is 1. The van der Waals surface area contributed by atoms with Crippen molar-refractivity contribution in [2.45, 2.75) is 12.6 Å². The zero-order valence-electron chi connectivity index (χ0n) is 10.2. The maximum Gasteiger partial charge on any atom is 0.253 e. The van der Waals surface area contributed by atoms with Crippen LogP contribution >= 0.6 is 15.9 Å². The molecule has 0 aliphatic rings. The topological polar surface area (TPSA) is 49.3 Å². The molecule has 0 fully saturated rings. The molecule has 0 radical (unpaired) electrons. The first-order valence-corrected chi connectivity index (χ1v) is 6.72. The first kappa shape index (κ1) is 13.8. The van der Waals surface area contributed by atoms with Gasteiger partial charge in [0, 0.05) is 11.0 Å². The van der Waals surface area contributed by atoms with Crippen LogP contribution in [0.1, 0.15) is 17.2 Å². The van der Waals surface area contributed by atoms with E-state index in [0.29, 0.717) is 12.1 Å². The number of aliphatic hydroxyl groups excluding tert-OH is 1. The van der Waals surface area contributed by atoms with Gasteiger partial charge in [-0.1, -0.05) is 64.5 Å². The number of carbonyl (C=O) groups excluding carboxylic acids is 1. The molecule has 98 valence electrons. The van der Waals surface area contributed by atoms with E-state index >= 15 is 0 Å². The van der Waals surface area contributed by atoms with Gasteiger partial charge in [0.15, 0.2) is 6.10 Å². The highest BCUT2D eigenvalue weighted by Crippen LogP contribution is 2.16.